The first kappa shape index (κ1) is 26.1. The fourth-order valence-corrected chi connectivity index (χ4v) is 4.98. The Balaban J connectivity index is 2.03. The Bertz CT molecular complexity index is 1110. The zero-order chi connectivity index (χ0) is 25.5. The Morgan fingerprint density at radius 1 is 1.47 bits per heavy atom. The van der Waals surface area contributed by atoms with E-state index in [1.54, 1.807) is 6.92 Å². The van der Waals surface area contributed by atoms with Crippen LogP contribution in [-0.2, 0) is 18.7 Å². The molecule has 0 aromatic carbocycles. The maximum atomic E-state index is 13.9. The predicted octanol–water partition coefficient (Wildman–Crippen LogP) is 4.17. The van der Waals surface area contributed by atoms with Crippen molar-refractivity contribution in [1.82, 2.24) is 19.5 Å². The molecule has 2 aromatic rings. The molecule has 3 rings (SSSR count). The van der Waals surface area contributed by atoms with E-state index in [1.807, 2.05) is 6.92 Å². The summed E-state index contributed by atoms with van der Waals surface area (Å²) in [6, 6.07) is 0. The third-order valence-corrected chi connectivity index (χ3v) is 11.2. The van der Waals surface area contributed by atoms with Crippen LogP contribution in [0, 0.1) is 24.3 Å². The summed E-state index contributed by atoms with van der Waals surface area (Å²) in [4.78, 5) is 24.5. The first-order valence-electron chi connectivity index (χ1n) is 11.5. The van der Waals surface area contributed by atoms with Crippen molar-refractivity contribution in [3.63, 3.8) is 0 Å². The quantitative estimate of drug-likeness (QED) is 0.266. The molecule has 1 fully saturated rings. The number of carbonyl (C=O) groups is 1. The van der Waals surface area contributed by atoms with Crippen molar-refractivity contribution in [3.8, 4) is 12.3 Å². The number of nitrogens with zero attached hydrogens (tertiary/aromatic N) is 4. The van der Waals surface area contributed by atoms with Gasteiger partial charge in [-0.1, -0.05) is 41.0 Å². The van der Waals surface area contributed by atoms with E-state index < -0.39 is 38.5 Å². The summed E-state index contributed by atoms with van der Waals surface area (Å²) in [5, 5.41) is -0.128. The molecule has 1 unspecified atom stereocenters. The van der Waals surface area contributed by atoms with Crippen LogP contribution in [0.3, 0.4) is 0 Å². The number of esters is 1. The number of ether oxygens (including phenoxy) is 2. The third kappa shape index (κ3) is 4.80. The Morgan fingerprint density at radius 2 is 2.15 bits per heavy atom. The highest BCUT2D eigenvalue weighted by atomic mass is 28.4. The zero-order valence-electron chi connectivity index (χ0n) is 20.9. The van der Waals surface area contributed by atoms with Crippen molar-refractivity contribution in [3.05, 3.63) is 12.4 Å². The second-order valence-corrected chi connectivity index (χ2v) is 15.1. The van der Waals surface area contributed by atoms with E-state index in [2.05, 4.69) is 54.7 Å². The lowest BCUT2D eigenvalue weighted by molar-refractivity contribution is -0.227. The van der Waals surface area contributed by atoms with Crippen LogP contribution >= 0.6 is 0 Å². The first-order chi connectivity index (χ1) is 15.7. The van der Waals surface area contributed by atoms with Crippen LogP contribution in [0.15, 0.2) is 6.33 Å². The number of halogens is 1. The van der Waals surface area contributed by atoms with Crippen LogP contribution in [0.1, 0.15) is 60.1 Å². The molecule has 186 valence electrons. The highest BCUT2D eigenvalue weighted by Crippen LogP contribution is 2.46. The maximum Gasteiger partial charge on any atom is 0.312 e. The number of hydrogen-bond acceptors (Lipinski definition) is 8. The minimum absolute atomic E-state index is 0.0867. The number of nitrogen functional groups attached to an aromatic ring is 1. The lowest BCUT2D eigenvalue weighted by Gasteiger charge is -2.41. The van der Waals surface area contributed by atoms with Gasteiger partial charge in [0, 0.05) is 6.42 Å². The molecule has 2 N–H and O–H groups in total. The molecule has 0 aliphatic carbocycles. The van der Waals surface area contributed by atoms with Gasteiger partial charge in [-0.3, -0.25) is 9.36 Å². The van der Waals surface area contributed by atoms with Gasteiger partial charge in [0.25, 0.3) is 0 Å². The average molecular weight is 492 g/mol. The normalized spacial score (nSPS) is 24.2. The molecule has 1 aliphatic rings. The smallest absolute Gasteiger partial charge is 0.312 e. The van der Waals surface area contributed by atoms with Crippen LogP contribution in [0.25, 0.3) is 11.2 Å². The lowest BCUT2D eigenvalue weighted by atomic mass is 10.1. The van der Waals surface area contributed by atoms with Gasteiger partial charge in [-0.25, -0.2) is 4.98 Å². The van der Waals surface area contributed by atoms with E-state index in [9.17, 15) is 9.18 Å². The Morgan fingerprint density at radius 3 is 2.74 bits per heavy atom. The summed E-state index contributed by atoms with van der Waals surface area (Å²) in [5.41, 5.74) is 6.19. The van der Waals surface area contributed by atoms with Gasteiger partial charge < -0.3 is 19.6 Å². The van der Waals surface area contributed by atoms with Crippen molar-refractivity contribution in [2.45, 2.75) is 90.1 Å². The second-order valence-electron chi connectivity index (χ2n) is 10.3. The lowest BCUT2D eigenvalue weighted by Crippen LogP contribution is -2.52. The van der Waals surface area contributed by atoms with Crippen LogP contribution in [0.2, 0.25) is 18.1 Å². The van der Waals surface area contributed by atoms with Crippen LogP contribution in [0.4, 0.5) is 10.2 Å². The van der Waals surface area contributed by atoms with Crippen molar-refractivity contribution >= 4 is 31.3 Å². The zero-order valence-corrected chi connectivity index (χ0v) is 21.9. The fraction of sp³-hybridized carbons (Fsp3) is 0.652. The Hall–Kier alpha value is -2.55. The Kier molecular flexibility index (Phi) is 7.08. The summed E-state index contributed by atoms with van der Waals surface area (Å²) in [6.07, 6.45) is 6.57. The molecule has 11 heteroatoms. The van der Waals surface area contributed by atoms with Crippen LogP contribution < -0.4 is 5.73 Å². The summed E-state index contributed by atoms with van der Waals surface area (Å²) in [6.45, 7) is 14.3. The molecule has 3 heterocycles. The topological polar surface area (TPSA) is 114 Å². The molecule has 0 spiro atoms. The second kappa shape index (κ2) is 9.24. The molecule has 0 amide bonds. The van der Waals surface area contributed by atoms with E-state index in [4.69, 9.17) is 26.1 Å². The third-order valence-electron chi connectivity index (χ3n) is 6.70. The van der Waals surface area contributed by atoms with Gasteiger partial charge in [-0.2, -0.15) is 14.4 Å². The number of carbonyl (C=O) groups excluding carboxylic acids is 1. The van der Waals surface area contributed by atoms with Crippen molar-refractivity contribution in [2.75, 3.05) is 5.73 Å². The largest absolute Gasteiger partial charge is 0.418 e. The van der Waals surface area contributed by atoms with Crippen molar-refractivity contribution in [1.29, 1.82) is 0 Å². The molecule has 2 aromatic heterocycles. The number of terminal acetylenes is 1. The molecule has 1 saturated heterocycles. The minimum Gasteiger partial charge on any atom is -0.418 e. The van der Waals surface area contributed by atoms with Crippen LogP contribution in [0.5, 0.6) is 0 Å². The molecule has 9 nitrogen and oxygen atoms in total. The van der Waals surface area contributed by atoms with E-state index in [0.717, 1.165) is 6.42 Å². The van der Waals surface area contributed by atoms with E-state index in [0.29, 0.717) is 6.42 Å². The summed E-state index contributed by atoms with van der Waals surface area (Å²) in [7, 11) is -2.35. The highest BCUT2D eigenvalue weighted by molar-refractivity contribution is 6.74. The molecule has 1 aliphatic heterocycles. The molecular weight excluding hydrogens is 457 g/mol. The molecular formula is C23H34FN5O4Si. The van der Waals surface area contributed by atoms with Gasteiger partial charge in [-0.15, -0.1) is 6.42 Å². The van der Waals surface area contributed by atoms with Crippen molar-refractivity contribution < 1.29 is 23.1 Å². The van der Waals surface area contributed by atoms with Gasteiger partial charge in [0.2, 0.25) is 0 Å². The van der Waals surface area contributed by atoms with Gasteiger partial charge in [0.1, 0.15) is 12.3 Å². The highest BCUT2D eigenvalue weighted by Gasteiger charge is 2.56. The Labute approximate surface area is 200 Å². The molecule has 4 atom stereocenters. The standard InChI is InChI=1S/C23H34FN5O4Si/c1-9-11-14(3)20(30)32-23(10-2)15(33-34(7,8)22(4,5)6)12-16(31-23)29-13-26-17-18(25)27-21(24)28-19(17)29/h2,13-16H,9,11-12H2,1,3-8H3,(H2,25,27,28)/t14?,15-,16+,23+/m0/s1. The van der Waals surface area contributed by atoms with Crippen LogP contribution in [-0.4, -0.2) is 45.7 Å². The molecule has 0 bridgehead atoms. The monoisotopic (exact) mass is 491 g/mol. The minimum atomic E-state index is -2.35. The molecule has 34 heavy (non-hydrogen) atoms. The van der Waals surface area contributed by atoms with E-state index >= 15 is 0 Å². The molecule has 0 radical (unpaired) electrons. The van der Waals surface area contributed by atoms with Gasteiger partial charge in [0.05, 0.1) is 12.2 Å². The number of imidazole rings is 1. The number of fused-ring (bicyclic) bond motifs is 1. The molecule has 0 saturated carbocycles. The van der Waals surface area contributed by atoms with Gasteiger partial charge in [-0.05, 0) is 30.5 Å². The number of nitrogens with two attached hydrogens (primary N) is 1. The summed E-state index contributed by atoms with van der Waals surface area (Å²) in [5.74, 6) is -0.105. The SMILES string of the molecule is C#C[C@]1(OC(=O)C(C)CCC)O[C@@H](n2cnc3c(N)nc(F)nc32)C[C@@H]1O[Si](C)(C)C(C)(C)C. The summed E-state index contributed by atoms with van der Waals surface area (Å²) >= 11 is 0. The fourth-order valence-electron chi connectivity index (χ4n) is 3.66. The van der Waals surface area contributed by atoms with Gasteiger partial charge >= 0.3 is 17.8 Å². The average Bonchev–Trinajstić information content (AvgIpc) is 3.29. The summed E-state index contributed by atoms with van der Waals surface area (Å²) < 4.78 is 34.1. The van der Waals surface area contributed by atoms with Crippen molar-refractivity contribution in [2.24, 2.45) is 5.92 Å². The van der Waals surface area contributed by atoms with E-state index in [-0.39, 0.29) is 34.4 Å². The van der Waals surface area contributed by atoms with Gasteiger partial charge in [0.15, 0.2) is 25.3 Å². The number of hydrogen-bond donors (Lipinski definition) is 1. The maximum absolute atomic E-state index is 13.9. The predicted molar refractivity (Wildman–Crippen MR) is 128 cm³/mol. The number of anilines is 1. The number of aromatic nitrogens is 4. The number of rotatable bonds is 7. The van der Waals surface area contributed by atoms with E-state index in [1.165, 1.54) is 10.9 Å². The first-order valence-corrected chi connectivity index (χ1v) is 14.4.